The summed E-state index contributed by atoms with van der Waals surface area (Å²) in [6, 6.07) is 39.1. The van der Waals surface area contributed by atoms with E-state index >= 15 is 0 Å². The van der Waals surface area contributed by atoms with Crippen molar-refractivity contribution in [2.45, 2.75) is 0 Å². The van der Waals surface area contributed by atoms with Gasteiger partial charge >= 0.3 is 17.1 Å². The zero-order valence-corrected chi connectivity index (χ0v) is 18.7. The molecule has 0 saturated heterocycles. The van der Waals surface area contributed by atoms with Gasteiger partial charge in [0.05, 0.1) is 0 Å². The third-order valence-electron chi connectivity index (χ3n) is 4.74. The minimum absolute atomic E-state index is 0. The number of para-hydroxylation sites is 2. The van der Waals surface area contributed by atoms with Crippen molar-refractivity contribution >= 4 is 22.7 Å². The summed E-state index contributed by atoms with van der Waals surface area (Å²) in [5.41, 5.74) is 5.42. The second kappa shape index (κ2) is 12.3. The van der Waals surface area contributed by atoms with Crippen LogP contribution in [-0.2, 0) is 17.1 Å². The van der Waals surface area contributed by atoms with E-state index in [1.54, 1.807) is 0 Å². The Morgan fingerprint density at radius 2 is 1.09 bits per heavy atom. The molecule has 1 aliphatic rings. The van der Waals surface area contributed by atoms with Gasteiger partial charge in [-0.25, -0.2) is 12.1 Å². The molecule has 5 rings (SSSR count). The maximum atomic E-state index is 4.55. The van der Waals surface area contributed by atoms with E-state index in [2.05, 4.69) is 70.9 Å². The van der Waals surface area contributed by atoms with Crippen LogP contribution < -0.4 is 4.90 Å². The Morgan fingerprint density at radius 1 is 0.594 bits per heavy atom. The first-order valence-corrected chi connectivity index (χ1v) is 10.3. The van der Waals surface area contributed by atoms with Crippen LogP contribution in [0.2, 0.25) is 0 Å². The number of hydrogen-bond acceptors (Lipinski definition) is 1. The van der Waals surface area contributed by atoms with E-state index in [0.717, 1.165) is 28.3 Å². The number of allylic oxidation sites excluding steroid dienone is 5. The SMILES string of the molecule is C1=CC(=C[N-]c2ccc(N(c3ccccc3)c3ccccc3)cc2)C=C1.[Fe+2].c1cc[cH-]c1. The largest absolute Gasteiger partial charge is 2.00 e. The summed E-state index contributed by atoms with van der Waals surface area (Å²) >= 11 is 0. The molecular formula is C29H24FeN2. The molecule has 0 unspecified atom stereocenters. The minimum atomic E-state index is 0. The Labute approximate surface area is 201 Å². The fourth-order valence-electron chi connectivity index (χ4n) is 3.23. The Balaban J connectivity index is 0.000000427. The quantitative estimate of drug-likeness (QED) is 0.217. The van der Waals surface area contributed by atoms with Crippen LogP contribution in [0.1, 0.15) is 0 Å². The van der Waals surface area contributed by atoms with Gasteiger partial charge in [0.25, 0.3) is 0 Å². The fraction of sp³-hybridized carbons (Fsp3) is 0. The predicted molar refractivity (Wildman–Crippen MR) is 133 cm³/mol. The van der Waals surface area contributed by atoms with Gasteiger partial charge in [-0.05, 0) is 42.0 Å². The van der Waals surface area contributed by atoms with Gasteiger partial charge < -0.3 is 10.2 Å². The van der Waals surface area contributed by atoms with E-state index in [4.69, 9.17) is 0 Å². The monoisotopic (exact) mass is 456 g/mol. The Bertz CT molecular complexity index is 1060. The standard InChI is InChI=1S/C24H19N2.C5H5.Fe/c1-3-11-22(12-4-1)26(23-13-5-2-6-14-23)24-17-15-21(16-18-24)25-19-20-9-7-8-10-20;1-2-4-5-3-1;/h1-19H;1-5H;/q2*-1;+2. The summed E-state index contributed by atoms with van der Waals surface area (Å²) in [6.07, 6.45) is 10.0. The van der Waals surface area contributed by atoms with E-state index in [1.807, 2.05) is 85.1 Å². The van der Waals surface area contributed by atoms with E-state index in [1.165, 1.54) is 0 Å². The smallest absolute Gasteiger partial charge is 0.664 e. The Hall–Kier alpha value is -3.65. The van der Waals surface area contributed by atoms with Crippen LogP contribution in [0.3, 0.4) is 0 Å². The molecule has 3 heteroatoms. The van der Waals surface area contributed by atoms with Crippen LogP contribution in [0, 0.1) is 0 Å². The molecule has 4 aromatic rings. The average Bonchev–Trinajstić information content (AvgIpc) is 3.58. The van der Waals surface area contributed by atoms with Crippen molar-refractivity contribution in [1.29, 1.82) is 0 Å². The van der Waals surface area contributed by atoms with Crippen molar-refractivity contribution in [2.75, 3.05) is 4.90 Å². The molecule has 0 heterocycles. The molecule has 158 valence electrons. The number of nitrogens with zero attached hydrogens (tertiary/aromatic N) is 2. The van der Waals surface area contributed by atoms with Crippen molar-refractivity contribution in [1.82, 2.24) is 0 Å². The first-order chi connectivity index (χ1) is 15.4. The third kappa shape index (κ3) is 6.42. The minimum Gasteiger partial charge on any atom is -0.664 e. The molecule has 32 heavy (non-hydrogen) atoms. The zero-order valence-electron chi connectivity index (χ0n) is 17.6. The number of benzene rings is 3. The molecule has 0 amide bonds. The average molecular weight is 456 g/mol. The summed E-state index contributed by atoms with van der Waals surface area (Å²) in [6.45, 7) is 0. The summed E-state index contributed by atoms with van der Waals surface area (Å²) < 4.78 is 0. The maximum absolute atomic E-state index is 4.55. The topological polar surface area (TPSA) is 17.3 Å². The van der Waals surface area contributed by atoms with E-state index in [-0.39, 0.29) is 17.1 Å². The molecule has 0 N–H and O–H groups in total. The van der Waals surface area contributed by atoms with Crippen LogP contribution >= 0.6 is 0 Å². The molecule has 1 aliphatic carbocycles. The Kier molecular flexibility index (Phi) is 8.82. The normalized spacial score (nSPS) is 11.2. The number of anilines is 3. The van der Waals surface area contributed by atoms with Gasteiger partial charge in [-0.1, -0.05) is 72.8 Å². The van der Waals surface area contributed by atoms with E-state index < -0.39 is 0 Å². The molecule has 0 aromatic heterocycles. The summed E-state index contributed by atoms with van der Waals surface area (Å²) in [5, 5.41) is 4.55. The molecular weight excluding hydrogens is 432 g/mol. The number of rotatable bonds is 5. The maximum Gasteiger partial charge on any atom is 2.00 e. The molecule has 2 nitrogen and oxygen atoms in total. The van der Waals surface area contributed by atoms with Crippen LogP contribution in [-0.4, -0.2) is 0 Å². The molecule has 0 radical (unpaired) electrons. The number of hydrogen-bond donors (Lipinski definition) is 0. The second-order valence-electron chi connectivity index (χ2n) is 6.96. The van der Waals surface area contributed by atoms with Gasteiger partial charge in [0.1, 0.15) is 0 Å². The van der Waals surface area contributed by atoms with Gasteiger partial charge in [0, 0.05) is 17.1 Å². The Morgan fingerprint density at radius 3 is 1.56 bits per heavy atom. The van der Waals surface area contributed by atoms with Crippen LogP contribution in [0.5, 0.6) is 0 Å². The first-order valence-electron chi connectivity index (χ1n) is 10.3. The molecule has 4 aromatic carbocycles. The molecule has 0 bridgehead atoms. The van der Waals surface area contributed by atoms with Crippen LogP contribution in [0.25, 0.3) is 5.32 Å². The molecule has 0 atom stereocenters. The van der Waals surface area contributed by atoms with Gasteiger partial charge in [0.15, 0.2) is 0 Å². The molecule has 0 fully saturated rings. The summed E-state index contributed by atoms with van der Waals surface area (Å²) in [5.74, 6) is 0. The van der Waals surface area contributed by atoms with Crippen molar-refractivity contribution < 1.29 is 17.1 Å². The third-order valence-corrected chi connectivity index (χ3v) is 4.74. The van der Waals surface area contributed by atoms with Crippen LogP contribution in [0.4, 0.5) is 22.7 Å². The van der Waals surface area contributed by atoms with E-state index in [0.29, 0.717) is 0 Å². The fourth-order valence-corrected chi connectivity index (χ4v) is 3.23. The van der Waals surface area contributed by atoms with Crippen molar-refractivity contribution in [3.8, 4) is 0 Å². The summed E-state index contributed by atoms with van der Waals surface area (Å²) in [4.78, 5) is 2.24. The zero-order chi connectivity index (χ0) is 21.1. The first kappa shape index (κ1) is 23.0. The van der Waals surface area contributed by atoms with Gasteiger partial charge in [-0.15, -0.1) is 5.69 Å². The van der Waals surface area contributed by atoms with Crippen molar-refractivity contribution in [3.05, 3.63) is 157 Å². The summed E-state index contributed by atoms with van der Waals surface area (Å²) in [7, 11) is 0. The molecule has 0 aliphatic heterocycles. The van der Waals surface area contributed by atoms with Gasteiger partial charge in [0.2, 0.25) is 0 Å². The molecule has 0 spiro atoms. The van der Waals surface area contributed by atoms with Crippen LogP contribution in [0.15, 0.2) is 151 Å². The van der Waals surface area contributed by atoms with Crippen molar-refractivity contribution in [2.24, 2.45) is 0 Å². The predicted octanol–water partition coefficient (Wildman–Crippen LogP) is 8.57. The molecule has 0 saturated carbocycles. The van der Waals surface area contributed by atoms with Crippen molar-refractivity contribution in [3.63, 3.8) is 0 Å². The van der Waals surface area contributed by atoms with E-state index in [9.17, 15) is 0 Å². The van der Waals surface area contributed by atoms with Gasteiger partial charge in [-0.3, -0.25) is 0 Å². The van der Waals surface area contributed by atoms with Gasteiger partial charge in [-0.2, -0.15) is 24.4 Å². The second-order valence-corrected chi connectivity index (χ2v) is 6.96.